The zero-order valence-electron chi connectivity index (χ0n) is 18.2. The molecule has 3 nitrogen and oxygen atoms in total. The minimum absolute atomic E-state index is 0.0446. The maximum atomic E-state index is 5.64. The largest absolute Gasteiger partial charge is 0.376 e. The molecule has 0 atom stereocenters. The SMILES string of the molecule is CC(C)C(CCCCCCCCCOC(CN)CN)(C(C)C)C(C)C. The molecule has 0 rings (SSSR count). The van der Waals surface area contributed by atoms with E-state index >= 15 is 0 Å². The summed E-state index contributed by atoms with van der Waals surface area (Å²) >= 11 is 0. The van der Waals surface area contributed by atoms with Crippen LogP contribution in [-0.2, 0) is 4.74 Å². The quantitative estimate of drug-likeness (QED) is 0.366. The van der Waals surface area contributed by atoms with Gasteiger partial charge in [-0.25, -0.2) is 0 Å². The Hall–Kier alpha value is -0.120. The minimum atomic E-state index is 0.0446. The number of ether oxygens (including phenoxy) is 1. The van der Waals surface area contributed by atoms with E-state index in [4.69, 9.17) is 16.2 Å². The Morgan fingerprint density at radius 2 is 1.04 bits per heavy atom. The van der Waals surface area contributed by atoms with Crippen molar-refractivity contribution < 1.29 is 4.74 Å². The smallest absolute Gasteiger partial charge is 0.0819 e. The van der Waals surface area contributed by atoms with Gasteiger partial charge < -0.3 is 16.2 Å². The van der Waals surface area contributed by atoms with Gasteiger partial charge in [-0.3, -0.25) is 0 Å². The van der Waals surface area contributed by atoms with Crippen LogP contribution in [-0.4, -0.2) is 25.8 Å². The molecule has 0 saturated carbocycles. The van der Waals surface area contributed by atoms with Crippen molar-refractivity contribution in [1.29, 1.82) is 0 Å². The van der Waals surface area contributed by atoms with Gasteiger partial charge in [0, 0.05) is 19.7 Å². The molecular weight excluding hydrogens is 308 g/mol. The Balaban J connectivity index is 3.81. The van der Waals surface area contributed by atoms with E-state index in [-0.39, 0.29) is 6.10 Å². The normalized spacial score (nSPS) is 13.0. The molecule has 0 saturated heterocycles. The third kappa shape index (κ3) is 8.88. The van der Waals surface area contributed by atoms with Crippen molar-refractivity contribution in [1.82, 2.24) is 0 Å². The highest BCUT2D eigenvalue weighted by Crippen LogP contribution is 2.47. The molecule has 0 spiro atoms. The summed E-state index contributed by atoms with van der Waals surface area (Å²) in [7, 11) is 0. The van der Waals surface area contributed by atoms with E-state index in [2.05, 4.69) is 41.5 Å². The Kier molecular flexibility index (Phi) is 13.9. The van der Waals surface area contributed by atoms with Crippen LogP contribution in [0.2, 0.25) is 0 Å². The highest BCUT2D eigenvalue weighted by molar-refractivity contribution is 4.88. The lowest BCUT2D eigenvalue weighted by molar-refractivity contribution is 0.0355. The van der Waals surface area contributed by atoms with Crippen LogP contribution in [0.1, 0.15) is 92.9 Å². The fourth-order valence-corrected chi connectivity index (χ4v) is 4.77. The van der Waals surface area contributed by atoms with Gasteiger partial charge in [0.2, 0.25) is 0 Å². The van der Waals surface area contributed by atoms with Crippen molar-refractivity contribution in [2.24, 2.45) is 34.6 Å². The zero-order chi connectivity index (χ0) is 19.3. The van der Waals surface area contributed by atoms with Crippen LogP contribution in [0.4, 0.5) is 0 Å². The highest BCUT2D eigenvalue weighted by atomic mass is 16.5. The van der Waals surface area contributed by atoms with E-state index in [1.54, 1.807) is 0 Å². The van der Waals surface area contributed by atoms with E-state index in [0.717, 1.165) is 30.8 Å². The molecule has 4 N–H and O–H groups in total. The molecule has 0 radical (unpaired) electrons. The Morgan fingerprint density at radius 1 is 0.640 bits per heavy atom. The average Bonchev–Trinajstić information content (AvgIpc) is 2.55. The summed E-state index contributed by atoms with van der Waals surface area (Å²) in [6, 6.07) is 0. The summed E-state index contributed by atoms with van der Waals surface area (Å²) in [5.74, 6) is 2.29. The van der Waals surface area contributed by atoms with Crippen LogP contribution in [0.5, 0.6) is 0 Å². The first kappa shape index (κ1) is 24.9. The highest BCUT2D eigenvalue weighted by Gasteiger charge is 2.39. The lowest BCUT2D eigenvalue weighted by Gasteiger charge is -2.45. The van der Waals surface area contributed by atoms with Crippen molar-refractivity contribution in [2.45, 2.75) is 99.0 Å². The molecule has 0 aromatic carbocycles. The summed E-state index contributed by atoms with van der Waals surface area (Å²) in [6.45, 7) is 16.4. The summed E-state index contributed by atoms with van der Waals surface area (Å²) in [4.78, 5) is 0. The summed E-state index contributed by atoms with van der Waals surface area (Å²) in [5.41, 5.74) is 11.6. The van der Waals surface area contributed by atoms with Crippen LogP contribution in [0.3, 0.4) is 0 Å². The third-order valence-electron chi connectivity index (χ3n) is 6.36. The van der Waals surface area contributed by atoms with Gasteiger partial charge in [-0.05, 0) is 36.0 Å². The van der Waals surface area contributed by atoms with Crippen LogP contribution in [0.25, 0.3) is 0 Å². The predicted molar refractivity (Wildman–Crippen MR) is 112 cm³/mol. The summed E-state index contributed by atoms with van der Waals surface area (Å²) < 4.78 is 5.64. The first-order valence-corrected chi connectivity index (χ1v) is 10.8. The van der Waals surface area contributed by atoms with Gasteiger partial charge in [-0.2, -0.15) is 0 Å². The van der Waals surface area contributed by atoms with Crippen LogP contribution in [0.15, 0.2) is 0 Å². The average molecular weight is 357 g/mol. The number of hydrogen-bond acceptors (Lipinski definition) is 3. The second-order valence-electron chi connectivity index (χ2n) is 8.77. The fraction of sp³-hybridized carbons (Fsp3) is 1.00. The molecular formula is C22H48N2O. The number of hydrogen-bond donors (Lipinski definition) is 2. The molecule has 0 bridgehead atoms. The predicted octanol–water partition coefficient (Wildman–Crippen LogP) is 5.36. The molecule has 0 aliphatic carbocycles. The molecule has 0 aliphatic rings. The van der Waals surface area contributed by atoms with E-state index in [1.807, 2.05) is 0 Å². The monoisotopic (exact) mass is 356 g/mol. The van der Waals surface area contributed by atoms with Crippen molar-refractivity contribution in [3.05, 3.63) is 0 Å². The van der Waals surface area contributed by atoms with Crippen molar-refractivity contribution in [3.8, 4) is 0 Å². The first-order valence-electron chi connectivity index (χ1n) is 10.8. The van der Waals surface area contributed by atoms with Gasteiger partial charge >= 0.3 is 0 Å². The zero-order valence-corrected chi connectivity index (χ0v) is 18.2. The van der Waals surface area contributed by atoms with Crippen molar-refractivity contribution >= 4 is 0 Å². The Morgan fingerprint density at radius 3 is 1.44 bits per heavy atom. The topological polar surface area (TPSA) is 61.3 Å². The van der Waals surface area contributed by atoms with Crippen LogP contribution >= 0.6 is 0 Å². The van der Waals surface area contributed by atoms with Gasteiger partial charge in [0.25, 0.3) is 0 Å². The van der Waals surface area contributed by atoms with E-state index in [9.17, 15) is 0 Å². The van der Waals surface area contributed by atoms with Gasteiger partial charge in [0.05, 0.1) is 6.10 Å². The van der Waals surface area contributed by atoms with Crippen molar-refractivity contribution in [2.75, 3.05) is 19.7 Å². The molecule has 0 amide bonds. The molecule has 25 heavy (non-hydrogen) atoms. The van der Waals surface area contributed by atoms with Gasteiger partial charge in [-0.15, -0.1) is 0 Å². The fourth-order valence-electron chi connectivity index (χ4n) is 4.77. The molecule has 152 valence electrons. The molecule has 0 aromatic heterocycles. The Labute approximate surface area is 158 Å². The standard InChI is InChI=1S/C22H48N2O/c1-18(2)22(19(3)4,20(5)6)14-12-10-8-7-9-11-13-15-25-21(16-23)17-24/h18-21H,7-17,23-24H2,1-6H3. The molecule has 0 unspecified atom stereocenters. The molecule has 0 fully saturated rings. The lowest BCUT2D eigenvalue weighted by atomic mass is 9.60. The van der Waals surface area contributed by atoms with Gasteiger partial charge in [0.1, 0.15) is 0 Å². The Bertz CT molecular complexity index is 277. The minimum Gasteiger partial charge on any atom is -0.376 e. The van der Waals surface area contributed by atoms with Crippen molar-refractivity contribution in [3.63, 3.8) is 0 Å². The second kappa shape index (κ2) is 14.0. The van der Waals surface area contributed by atoms with E-state index in [0.29, 0.717) is 18.5 Å². The van der Waals surface area contributed by atoms with E-state index in [1.165, 1.54) is 44.9 Å². The summed E-state index contributed by atoms with van der Waals surface area (Å²) in [6.07, 6.45) is 10.6. The molecule has 3 heteroatoms. The first-order chi connectivity index (χ1) is 11.8. The lowest BCUT2D eigenvalue weighted by Crippen LogP contribution is -2.38. The molecule has 0 heterocycles. The molecule has 0 aliphatic heterocycles. The second-order valence-corrected chi connectivity index (χ2v) is 8.77. The maximum Gasteiger partial charge on any atom is 0.0819 e. The van der Waals surface area contributed by atoms with Gasteiger partial charge in [-0.1, -0.05) is 80.1 Å². The number of rotatable bonds is 16. The number of unbranched alkanes of at least 4 members (excludes halogenated alkanes) is 6. The van der Waals surface area contributed by atoms with Crippen LogP contribution < -0.4 is 11.5 Å². The number of nitrogens with two attached hydrogens (primary N) is 2. The maximum absolute atomic E-state index is 5.64. The van der Waals surface area contributed by atoms with E-state index < -0.39 is 0 Å². The molecule has 0 aromatic rings. The third-order valence-corrected chi connectivity index (χ3v) is 6.36. The van der Waals surface area contributed by atoms with Crippen LogP contribution in [0, 0.1) is 23.2 Å². The van der Waals surface area contributed by atoms with Gasteiger partial charge in [0.15, 0.2) is 0 Å². The summed E-state index contributed by atoms with van der Waals surface area (Å²) in [5, 5.41) is 0.